The van der Waals surface area contributed by atoms with Gasteiger partial charge in [-0.25, -0.2) is 0 Å². The molecule has 0 amide bonds. The van der Waals surface area contributed by atoms with E-state index in [9.17, 15) is 0 Å². The summed E-state index contributed by atoms with van der Waals surface area (Å²) in [7, 11) is 0. The van der Waals surface area contributed by atoms with Gasteiger partial charge in [-0.15, -0.1) is 0 Å². The Kier molecular flexibility index (Phi) is 3.31. The van der Waals surface area contributed by atoms with E-state index in [0.29, 0.717) is 12.0 Å². The predicted octanol–water partition coefficient (Wildman–Crippen LogP) is 1.99. The summed E-state index contributed by atoms with van der Waals surface area (Å²) in [5.74, 6) is 0.715. The number of nitrogens with one attached hydrogen (secondary N) is 1. The van der Waals surface area contributed by atoms with Crippen LogP contribution in [0.1, 0.15) is 32.3 Å². The molecule has 92 valence electrons. The van der Waals surface area contributed by atoms with E-state index in [0.717, 1.165) is 17.8 Å². The van der Waals surface area contributed by atoms with Gasteiger partial charge in [-0.3, -0.25) is 10.4 Å². The van der Waals surface area contributed by atoms with E-state index in [1.165, 1.54) is 12.8 Å². The largest absolute Gasteiger partial charge is 0.384 e. The molecule has 1 aliphatic carbocycles. The Hall–Kier alpha value is -1.58. The number of rotatable bonds is 5. The summed E-state index contributed by atoms with van der Waals surface area (Å²) in [5, 5.41) is 7.64. The van der Waals surface area contributed by atoms with E-state index in [1.54, 1.807) is 6.20 Å². The lowest BCUT2D eigenvalue weighted by molar-refractivity contribution is 0.606. The molecule has 3 N–H and O–H groups in total. The van der Waals surface area contributed by atoms with E-state index >= 15 is 0 Å². The highest BCUT2D eigenvalue weighted by Gasteiger charge is 2.31. The second-order valence-corrected chi connectivity index (χ2v) is 5.08. The van der Waals surface area contributed by atoms with E-state index < -0.39 is 0 Å². The molecule has 0 atom stereocenters. The second-order valence-electron chi connectivity index (χ2n) is 5.08. The molecule has 1 aliphatic rings. The van der Waals surface area contributed by atoms with E-state index in [-0.39, 0.29) is 5.84 Å². The third-order valence-electron chi connectivity index (χ3n) is 2.95. The third-order valence-corrected chi connectivity index (χ3v) is 2.95. The Labute approximate surface area is 102 Å². The summed E-state index contributed by atoms with van der Waals surface area (Å²) in [5.41, 5.74) is 7.44. The number of aromatic nitrogens is 1. The van der Waals surface area contributed by atoms with E-state index in [2.05, 4.69) is 23.7 Å². The molecule has 4 nitrogen and oxygen atoms in total. The first-order valence-electron chi connectivity index (χ1n) is 6.14. The van der Waals surface area contributed by atoms with Gasteiger partial charge in [-0.2, -0.15) is 0 Å². The molecule has 1 heterocycles. The van der Waals surface area contributed by atoms with Gasteiger partial charge in [0.25, 0.3) is 0 Å². The molecule has 1 aromatic heterocycles. The zero-order valence-corrected chi connectivity index (χ0v) is 10.5. The Balaban J connectivity index is 2.31. The number of nitrogens with zero attached hydrogens (tertiary/aromatic N) is 2. The first-order valence-corrected chi connectivity index (χ1v) is 6.14. The van der Waals surface area contributed by atoms with Crippen LogP contribution < -0.4 is 10.6 Å². The number of nitrogen functional groups attached to an aromatic ring is 1. The maximum atomic E-state index is 7.64. The molecule has 0 radical (unpaired) electrons. The first kappa shape index (κ1) is 11.9. The Morgan fingerprint density at radius 2 is 2.29 bits per heavy atom. The van der Waals surface area contributed by atoms with E-state index in [4.69, 9.17) is 11.1 Å². The minimum absolute atomic E-state index is 0.122. The topological polar surface area (TPSA) is 66.0 Å². The molecule has 4 heteroatoms. The number of anilines is 1. The van der Waals surface area contributed by atoms with Crippen LogP contribution in [0.5, 0.6) is 0 Å². The SMILES string of the molecule is CC(C)CN(c1cnccc1C(=N)N)C1CC1. The van der Waals surface area contributed by atoms with Crippen molar-refractivity contribution in [3.63, 3.8) is 0 Å². The van der Waals surface area contributed by atoms with Gasteiger partial charge < -0.3 is 10.6 Å². The number of pyridine rings is 1. The molecule has 17 heavy (non-hydrogen) atoms. The summed E-state index contributed by atoms with van der Waals surface area (Å²) in [4.78, 5) is 6.53. The highest BCUT2D eigenvalue weighted by molar-refractivity contribution is 6.00. The molecule has 0 bridgehead atoms. The van der Waals surface area contributed by atoms with E-state index in [1.807, 2.05) is 12.3 Å². The Morgan fingerprint density at radius 3 is 2.82 bits per heavy atom. The molecular formula is C13H20N4. The summed E-state index contributed by atoms with van der Waals surface area (Å²) in [6.07, 6.45) is 6.00. The lowest BCUT2D eigenvalue weighted by Gasteiger charge is -2.28. The van der Waals surface area contributed by atoms with Crippen molar-refractivity contribution < 1.29 is 0 Å². The van der Waals surface area contributed by atoms with Crippen LogP contribution in [0.2, 0.25) is 0 Å². The maximum absolute atomic E-state index is 7.64. The average molecular weight is 232 g/mol. The maximum Gasteiger partial charge on any atom is 0.125 e. The number of nitrogens with two attached hydrogens (primary N) is 1. The molecule has 0 aliphatic heterocycles. The number of amidine groups is 1. The first-order chi connectivity index (χ1) is 8.09. The van der Waals surface area contributed by atoms with Gasteiger partial charge in [0.15, 0.2) is 0 Å². The van der Waals surface area contributed by atoms with Crippen molar-refractivity contribution in [1.82, 2.24) is 4.98 Å². The van der Waals surface area contributed by atoms with Gasteiger partial charge in [-0.1, -0.05) is 13.8 Å². The molecule has 1 fully saturated rings. The van der Waals surface area contributed by atoms with Gasteiger partial charge in [-0.05, 0) is 24.8 Å². The zero-order chi connectivity index (χ0) is 12.4. The summed E-state index contributed by atoms with van der Waals surface area (Å²) >= 11 is 0. The molecule has 1 aromatic rings. The fourth-order valence-electron chi connectivity index (χ4n) is 2.07. The lowest BCUT2D eigenvalue weighted by atomic mass is 10.1. The summed E-state index contributed by atoms with van der Waals surface area (Å²) in [6, 6.07) is 2.44. The highest BCUT2D eigenvalue weighted by Crippen LogP contribution is 2.33. The molecule has 0 unspecified atom stereocenters. The minimum Gasteiger partial charge on any atom is -0.384 e. The van der Waals surface area contributed by atoms with Crippen molar-refractivity contribution in [2.45, 2.75) is 32.7 Å². The molecule has 0 aromatic carbocycles. The number of hydrogen-bond acceptors (Lipinski definition) is 3. The monoisotopic (exact) mass is 232 g/mol. The van der Waals surface area contributed by atoms with Crippen LogP contribution in [0.15, 0.2) is 18.5 Å². The minimum atomic E-state index is 0.122. The lowest BCUT2D eigenvalue weighted by Crippen LogP contribution is -2.32. The van der Waals surface area contributed by atoms with Gasteiger partial charge in [0.05, 0.1) is 11.9 Å². The van der Waals surface area contributed by atoms with Crippen LogP contribution in [0.3, 0.4) is 0 Å². The average Bonchev–Trinajstić information content (AvgIpc) is 3.09. The zero-order valence-electron chi connectivity index (χ0n) is 10.5. The second kappa shape index (κ2) is 4.73. The van der Waals surface area contributed by atoms with Crippen molar-refractivity contribution >= 4 is 11.5 Å². The fourth-order valence-corrected chi connectivity index (χ4v) is 2.07. The molecule has 0 saturated heterocycles. The molecular weight excluding hydrogens is 212 g/mol. The summed E-state index contributed by atoms with van der Waals surface area (Å²) in [6.45, 7) is 5.41. The quantitative estimate of drug-likeness (QED) is 0.602. The normalized spacial score (nSPS) is 15.0. The Bertz CT molecular complexity index is 410. The molecule has 2 rings (SSSR count). The van der Waals surface area contributed by atoms with Crippen LogP contribution in [0, 0.1) is 11.3 Å². The molecule has 0 spiro atoms. The third kappa shape index (κ3) is 2.75. The van der Waals surface area contributed by atoms with Crippen LogP contribution in [0.25, 0.3) is 0 Å². The molecule has 1 saturated carbocycles. The van der Waals surface area contributed by atoms with Crippen LogP contribution in [-0.2, 0) is 0 Å². The predicted molar refractivity (Wildman–Crippen MR) is 70.5 cm³/mol. The fraction of sp³-hybridized carbons (Fsp3) is 0.538. The summed E-state index contributed by atoms with van der Waals surface area (Å²) < 4.78 is 0. The van der Waals surface area contributed by atoms with Crippen molar-refractivity contribution in [2.24, 2.45) is 11.7 Å². The van der Waals surface area contributed by atoms with Crippen LogP contribution in [0.4, 0.5) is 5.69 Å². The van der Waals surface area contributed by atoms with Crippen molar-refractivity contribution in [1.29, 1.82) is 5.41 Å². The van der Waals surface area contributed by atoms with Crippen LogP contribution >= 0.6 is 0 Å². The number of hydrogen-bond donors (Lipinski definition) is 2. The smallest absolute Gasteiger partial charge is 0.125 e. The van der Waals surface area contributed by atoms with Gasteiger partial charge in [0.2, 0.25) is 0 Å². The van der Waals surface area contributed by atoms with Crippen molar-refractivity contribution in [2.75, 3.05) is 11.4 Å². The highest BCUT2D eigenvalue weighted by atomic mass is 15.2. The van der Waals surface area contributed by atoms with Crippen molar-refractivity contribution in [3.05, 3.63) is 24.0 Å². The Morgan fingerprint density at radius 1 is 1.59 bits per heavy atom. The van der Waals surface area contributed by atoms with Gasteiger partial charge in [0, 0.05) is 24.3 Å². The van der Waals surface area contributed by atoms with Crippen LogP contribution in [-0.4, -0.2) is 23.4 Å². The van der Waals surface area contributed by atoms with Crippen molar-refractivity contribution in [3.8, 4) is 0 Å². The van der Waals surface area contributed by atoms with Gasteiger partial charge in [0.1, 0.15) is 5.84 Å². The van der Waals surface area contributed by atoms with Gasteiger partial charge >= 0.3 is 0 Å². The standard InChI is InChI=1S/C13H20N4/c1-9(2)8-17(10-3-4-10)12-7-16-6-5-11(12)13(14)15/h5-7,9-10H,3-4,8H2,1-2H3,(H3,14,15).